The summed E-state index contributed by atoms with van der Waals surface area (Å²) < 4.78 is 16.0. The lowest BCUT2D eigenvalue weighted by molar-refractivity contribution is 0.0943. The number of hydrogen-bond acceptors (Lipinski definition) is 6. The highest BCUT2D eigenvalue weighted by Crippen LogP contribution is 2.31. The molecule has 0 atom stereocenters. The van der Waals surface area contributed by atoms with Crippen LogP contribution in [0.15, 0.2) is 66.7 Å². The van der Waals surface area contributed by atoms with Crippen molar-refractivity contribution in [1.29, 1.82) is 0 Å². The maximum absolute atomic E-state index is 13.4. The topological polar surface area (TPSA) is 89.1 Å². The average Bonchev–Trinajstić information content (AvgIpc) is 3.01. The Bertz CT molecular complexity index is 1270. The first-order valence-electron chi connectivity index (χ1n) is 14.3. The molecule has 4 rings (SSSR count). The first kappa shape index (κ1) is 29.9. The van der Waals surface area contributed by atoms with Gasteiger partial charge in [0.15, 0.2) is 0 Å². The van der Waals surface area contributed by atoms with Crippen LogP contribution in [0, 0.1) is 5.92 Å². The summed E-state index contributed by atoms with van der Waals surface area (Å²) in [4.78, 5) is 28.8. The Balaban J connectivity index is 1.50. The molecule has 218 valence electrons. The number of benzene rings is 3. The monoisotopic (exact) mass is 559 g/mol. The molecular weight excluding hydrogens is 518 g/mol. The maximum Gasteiger partial charge on any atom is 0.255 e. The third-order valence-corrected chi connectivity index (χ3v) is 7.39. The lowest BCUT2D eigenvalue weighted by atomic mass is 9.89. The fraction of sp³-hybridized carbons (Fsp3) is 0.394. The SMILES string of the molecule is CCOCCCNC(=O)c1cc(NC(=O)c2cc(OC)cc(OC)c2)ccc1N1CCC(Cc2ccccc2)CC1. The second kappa shape index (κ2) is 15.1. The minimum absolute atomic E-state index is 0.165. The zero-order valence-electron chi connectivity index (χ0n) is 24.3. The molecule has 0 bridgehead atoms. The van der Waals surface area contributed by atoms with Crippen LogP contribution < -0.4 is 25.0 Å². The number of anilines is 2. The van der Waals surface area contributed by atoms with Crippen molar-refractivity contribution in [3.63, 3.8) is 0 Å². The van der Waals surface area contributed by atoms with Crippen LogP contribution in [0.25, 0.3) is 0 Å². The molecule has 0 saturated carbocycles. The Hall–Kier alpha value is -4.04. The van der Waals surface area contributed by atoms with Crippen LogP contribution in [0.1, 0.15) is 52.5 Å². The van der Waals surface area contributed by atoms with E-state index in [0.717, 1.165) is 44.5 Å². The number of carbonyl (C=O) groups excluding carboxylic acids is 2. The lowest BCUT2D eigenvalue weighted by Gasteiger charge is -2.35. The van der Waals surface area contributed by atoms with Crippen molar-refractivity contribution in [2.24, 2.45) is 5.92 Å². The van der Waals surface area contributed by atoms with Crippen molar-refractivity contribution in [2.75, 3.05) is 57.3 Å². The molecule has 41 heavy (non-hydrogen) atoms. The number of nitrogens with one attached hydrogen (secondary N) is 2. The van der Waals surface area contributed by atoms with E-state index in [9.17, 15) is 9.59 Å². The fourth-order valence-corrected chi connectivity index (χ4v) is 5.15. The zero-order valence-corrected chi connectivity index (χ0v) is 24.3. The summed E-state index contributed by atoms with van der Waals surface area (Å²) in [6, 6.07) is 21.2. The first-order valence-corrected chi connectivity index (χ1v) is 14.3. The average molecular weight is 560 g/mol. The van der Waals surface area contributed by atoms with Crippen LogP contribution in [-0.2, 0) is 11.2 Å². The fourth-order valence-electron chi connectivity index (χ4n) is 5.15. The van der Waals surface area contributed by atoms with Crippen molar-refractivity contribution in [1.82, 2.24) is 5.32 Å². The quantitative estimate of drug-likeness (QED) is 0.266. The number of amides is 2. The minimum atomic E-state index is -0.320. The molecule has 8 heteroatoms. The first-order chi connectivity index (χ1) is 20.0. The molecule has 3 aromatic rings. The van der Waals surface area contributed by atoms with Gasteiger partial charge in [-0.3, -0.25) is 9.59 Å². The van der Waals surface area contributed by atoms with Gasteiger partial charge in [-0.1, -0.05) is 30.3 Å². The maximum atomic E-state index is 13.4. The molecule has 1 aliphatic heterocycles. The Labute approximate surface area is 243 Å². The van der Waals surface area contributed by atoms with E-state index in [0.29, 0.717) is 54.0 Å². The van der Waals surface area contributed by atoms with Crippen molar-refractivity contribution in [3.05, 3.63) is 83.4 Å². The van der Waals surface area contributed by atoms with Crippen molar-refractivity contribution in [2.45, 2.75) is 32.6 Å². The lowest BCUT2D eigenvalue weighted by Crippen LogP contribution is -2.36. The number of methoxy groups -OCH3 is 2. The van der Waals surface area contributed by atoms with E-state index in [2.05, 4.69) is 45.9 Å². The van der Waals surface area contributed by atoms with Gasteiger partial charge in [0.1, 0.15) is 11.5 Å². The van der Waals surface area contributed by atoms with Gasteiger partial charge < -0.3 is 29.7 Å². The van der Waals surface area contributed by atoms with E-state index in [-0.39, 0.29) is 11.8 Å². The molecule has 0 unspecified atom stereocenters. The van der Waals surface area contributed by atoms with Gasteiger partial charge in [-0.25, -0.2) is 0 Å². The third-order valence-electron chi connectivity index (χ3n) is 7.39. The van der Waals surface area contributed by atoms with Gasteiger partial charge in [-0.05, 0) is 74.4 Å². The van der Waals surface area contributed by atoms with Crippen molar-refractivity contribution < 1.29 is 23.8 Å². The number of nitrogens with zero attached hydrogens (tertiary/aromatic N) is 1. The predicted octanol–water partition coefficient (Wildman–Crippen LogP) is 5.57. The van der Waals surface area contributed by atoms with Gasteiger partial charge in [0, 0.05) is 55.9 Å². The highest BCUT2D eigenvalue weighted by atomic mass is 16.5. The number of ether oxygens (including phenoxy) is 3. The second-order valence-electron chi connectivity index (χ2n) is 10.2. The normalized spacial score (nSPS) is 13.5. The van der Waals surface area contributed by atoms with Crippen LogP contribution in [-0.4, -0.2) is 58.9 Å². The van der Waals surface area contributed by atoms with Crippen LogP contribution in [0.3, 0.4) is 0 Å². The summed E-state index contributed by atoms with van der Waals surface area (Å²) in [5, 5.41) is 5.97. The minimum Gasteiger partial charge on any atom is -0.497 e. The molecule has 0 radical (unpaired) electrons. The zero-order chi connectivity index (χ0) is 29.0. The van der Waals surface area contributed by atoms with Gasteiger partial charge in [-0.2, -0.15) is 0 Å². The van der Waals surface area contributed by atoms with Crippen LogP contribution in [0.5, 0.6) is 11.5 Å². The van der Waals surface area contributed by atoms with Crippen LogP contribution >= 0.6 is 0 Å². The number of hydrogen-bond donors (Lipinski definition) is 2. The highest BCUT2D eigenvalue weighted by molar-refractivity contribution is 6.06. The molecule has 1 saturated heterocycles. The second-order valence-corrected chi connectivity index (χ2v) is 10.2. The van der Waals surface area contributed by atoms with Crippen LogP contribution in [0.4, 0.5) is 11.4 Å². The van der Waals surface area contributed by atoms with Gasteiger partial charge in [0.2, 0.25) is 0 Å². The van der Waals surface area contributed by atoms with Gasteiger partial charge in [0.05, 0.1) is 19.8 Å². The van der Waals surface area contributed by atoms with E-state index in [1.807, 2.05) is 19.1 Å². The largest absolute Gasteiger partial charge is 0.497 e. The predicted molar refractivity (Wildman–Crippen MR) is 162 cm³/mol. The summed E-state index contributed by atoms with van der Waals surface area (Å²) in [5.41, 5.74) is 3.73. The van der Waals surface area contributed by atoms with Crippen molar-refractivity contribution in [3.8, 4) is 11.5 Å². The Morgan fingerprint density at radius 2 is 1.61 bits per heavy atom. The van der Waals surface area contributed by atoms with Crippen molar-refractivity contribution >= 4 is 23.2 Å². The van der Waals surface area contributed by atoms with E-state index < -0.39 is 0 Å². The molecule has 0 spiro atoms. The number of carbonyl (C=O) groups is 2. The molecule has 2 N–H and O–H groups in total. The summed E-state index contributed by atoms with van der Waals surface area (Å²) >= 11 is 0. The van der Waals surface area contributed by atoms with E-state index in [4.69, 9.17) is 14.2 Å². The molecule has 8 nitrogen and oxygen atoms in total. The number of piperidine rings is 1. The van der Waals surface area contributed by atoms with Gasteiger partial charge in [0.25, 0.3) is 11.8 Å². The molecule has 1 aliphatic rings. The molecular formula is C33H41N3O5. The highest BCUT2D eigenvalue weighted by Gasteiger charge is 2.24. The van der Waals surface area contributed by atoms with E-state index in [1.54, 1.807) is 38.5 Å². The third kappa shape index (κ3) is 8.47. The molecule has 1 fully saturated rings. The smallest absolute Gasteiger partial charge is 0.255 e. The molecule has 1 heterocycles. The van der Waals surface area contributed by atoms with Gasteiger partial charge in [-0.15, -0.1) is 0 Å². The molecule has 0 aromatic heterocycles. The molecule has 3 aromatic carbocycles. The summed E-state index contributed by atoms with van der Waals surface area (Å²) in [6.45, 7) is 5.46. The van der Waals surface area contributed by atoms with E-state index >= 15 is 0 Å². The Kier molecular flexibility index (Phi) is 11.0. The van der Waals surface area contributed by atoms with Crippen LogP contribution in [0.2, 0.25) is 0 Å². The summed E-state index contributed by atoms with van der Waals surface area (Å²) in [7, 11) is 3.08. The Morgan fingerprint density at radius 1 is 0.902 bits per heavy atom. The summed E-state index contributed by atoms with van der Waals surface area (Å²) in [6.07, 6.45) is 3.91. The Morgan fingerprint density at radius 3 is 2.27 bits per heavy atom. The molecule has 2 amide bonds. The standard InChI is InChI=1S/C33H41N3O5/c1-4-41-18-8-15-34-33(38)30-22-27(35-32(37)26-20-28(39-2)23-29(21-26)40-3)11-12-31(30)36-16-13-25(14-17-36)19-24-9-6-5-7-10-24/h5-7,9-12,20-23,25H,4,8,13-19H2,1-3H3,(H,34,38)(H,35,37). The summed E-state index contributed by atoms with van der Waals surface area (Å²) in [5.74, 6) is 1.17. The van der Waals surface area contributed by atoms with E-state index in [1.165, 1.54) is 5.56 Å². The molecule has 0 aliphatic carbocycles. The number of rotatable bonds is 13. The van der Waals surface area contributed by atoms with Gasteiger partial charge >= 0.3 is 0 Å².